The summed E-state index contributed by atoms with van der Waals surface area (Å²) in [6, 6.07) is 12.7. The molecule has 0 bridgehead atoms. The molecular formula is C21H25NO3S. The quantitative estimate of drug-likeness (QED) is 0.830. The monoisotopic (exact) mass is 371 g/mol. The Morgan fingerprint density at radius 1 is 1.08 bits per heavy atom. The van der Waals surface area contributed by atoms with E-state index >= 15 is 0 Å². The number of hydrogen-bond donors (Lipinski definition) is 1. The van der Waals surface area contributed by atoms with E-state index in [-0.39, 0.29) is 11.0 Å². The molecule has 0 aliphatic heterocycles. The summed E-state index contributed by atoms with van der Waals surface area (Å²) >= 11 is 0. The van der Waals surface area contributed by atoms with Gasteiger partial charge in [0, 0.05) is 12.7 Å². The second-order valence-electron chi connectivity index (χ2n) is 6.73. The number of hydrogen-bond acceptors (Lipinski definition) is 3. The third-order valence-electron chi connectivity index (χ3n) is 4.82. The van der Waals surface area contributed by atoms with Crippen LogP contribution in [-0.4, -0.2) is 21.6 Å². The van der Waals surface area contributed by atoms with Crippen molar-refractivity contribution in [2.75, 3.05) is 11.8 Å². The Hall–Kier alpha value is -2.11. The van der Waals surface area contributed by atoms with Crippen LogP contribution in [0.15, 0.2) is 53.4 Å². The van der Waals surface area contributed by atoms with Crippen LogP contribution < -0.4 is 4.72 Å². The maximum absolute atomic E-state index is 12.9. The molecule has 138 valence electrons. The van der Waals surface area contributed by atoms with Crippen molar-refractivity contribution >= 4 is 21.3 Å². The Balaban J connectivity index is 2.03. The second kappa shape index (κ2) is 7.64. The van der Waals surface area contributed by atoms with E-state index in [1.54, 1.807) is 31.4 Å². The van der Waals surface area contributed by atoms with Crippen LogP contribution in [0.25, 0.3) is 5.57 Å². The highest BCUT2D eigenvalue weighted by Crippen LogP contribution is 2.36. The topological polar surface area (TPSA) is 55.4 Å². The number of methoxy groups -OCH3 is 1. The van der Waals surface area contributed by atoms with Crippen molar-refractivity contribution in [1.82, 2.24) is 0 Å². The predicted molar refractivity (Wildman–Crippen MR) is 106 cm³/mol. The maximum Gasteiger partial charge on any atom is 0.261 e. The minimum absolute atomic E-state index is 0.00632. The van der Waals surface area contributed by atoms with Crippen molar-refractivity contribution in [1.29, 1.82) is 0 Å². The summed E-state index contributed by atoms with van der Waals surface area (Å²) in [5.74, 6) is 0. The van der Waals surface area contributed by atoms with Crippen LogP contribution in [0.4, 0.5) is 5.69 Å². The molecule has 5 heteroatoms. The number of benzene rings is 2. The number of nitrogens with one attached hydrogen (secondary N) is 1. The fourth-order valence-electron chi connectivity index (χ4n) is 3.33. The van der Waals surface area contributed by atoms with E-state index in [9.17, 15) is 8.42 Å². The summed E-state index contributed by atoms with van der Waals surface area (Å²) in [4.78, 5) is 0.262. The summed E-state index contributed by atoms with van der Waals surface area (Å²) < 4.78 is 34.2. The van der Waals surface area contributed by atoms with Crippen LogP contribution in [-0.2, 0) is 14.8 Å². The van der Waals surface area contributed by atoms with Gasteiger partial charge in [0.25, 0.3) is 10.0 Å². The van der Waals surface area contributed by atoms with Gasteiger partial charge in [-0.05, 0) is 56.4 Å². The fourth-order valence-corrected chi connectivity index (χ4v) is 4.48. The van der Waals surface area contributed by atoms with Crippen LogP contribution >= 0.6 is 0 Å². The van der Waals surface area contributed by atoms with Crippen LogP contribution in [0.3, 0.4) is 0 Å². The smallest absolute Gasteiger partial charge is 0.261 e. The Labute approximate surface area is 156 Å². The van der Waals surface area contributed by atoms with E-state index in [4.69, 9.17) is 4.74 Å². The molecule has 1 N–H and O–H groups in total. The first kappa shape index (κ1) is 18.7. The number of anilines is 1. The molecule has 0 heterocycles. The van der Waals surface area contributed by atoms with Gasteiger partial charge in [-0.15, -0.1) is 0 Å². The maximum atomic E-state index is 12.9. The third kappa shape index (κ3) is 3.84. The third-order valence-corrected chi connectivity index (χ3v) is 6.18. The normalized spacial score (nSPS) is 17.7. The van der Waals surface area contributed by atoms with E-state index in [2.05, 4.69) is 10.8 Å². The minimum Gasteiger partial charge on any atom is -0.377 e. The predicted octanol–water partition coefficient (Wildman–Crippen LogP) is 4.69. The van der Waals surface area contributed by atoms with Gasteiger partial charge < -0.3 is 4.74 Å². The molecule has 0 radical (unpaired) electrons. The second-order valence-corrected chi connectivity index (χ2v) is 8.41. The molecule has 0 saturated heterocycles. The molecule has 1 atom stereocenters. The summed E-state index contributed by atoms with van der Waals surface area (Å²) in [7, 11) is -1.95. The zero-order valence-electron chi connectivity index (χ0n) is 15.5. The van der Waals surface area contributed by atoms with Crippen LogP contribution in [0, 0.1) is 13.8 Å². The highest BCUT2D eigenvalue weighted by molar-refractivity contribution is 7.92. The van der Waals surface area contributed by atoms with E-state index in [1.807, 2.05) is 32.0 Å². The van der Waals surface area contributed by atoms with E-state index in [1.165, 1.54) is 0 Å². The van der Waals surface area contributed by atoms with Gasteiger partial charge in [-0.2, -0.15) is 0 Å². The number of rotatable bonds is 5. The molecule has 3 rings (SSSR count). The molecule has 0 amide bonds. The standard InChI is InChI=1S/C21H25NO3S/c1-15-11-13-17(14-12-15)26(23,24)22-21-16(2)7-6-9-19(21)18-8-4-5-10-20(18)25-3/h6-9,11-14,20,22H,4-5,10H2,1-3H3. The van der Waals surface area contributed by atoms with Crippen LogP contribution in [0.1, 0.15) is 36.0 Å². The van der Waals surface area contributed by atoms with E-state index < -0.39 is 10.0 Å². The van der Waals surface area contributed by atoms with Gasteiger partial charge in [-0.1, -0.05) is 42.0 Å². The summed E-state index contributed by atoms with van der Waals surface area (Å²) in [5.41, 5.74) is 4.50. The lowest BCUT2D eigenvalue weighted by Gasteiger charge is -2.26. The summed E-state index contributed by atoms with van der Waals surface area (Å²) in [6.45, 7) is 3.85. The highest BCUT2D eigenvalue weighted by Gasteiger charge is 2.24. The first-order chi connectivity index (χ1) is 12.4. The average molecular weight is 372 g/mol. The minimum atomic E-state index is -3.66. The lowest BCUT2D eigenvalue weighted by atomic mass is 9.89. The summed E-state index contributed by atoms with van der Waals surface area (Å²) in [5, 5.41) is 0. The van der Waals surface area contributed by atoms with Crippen molar-refractivity contribution in [3.8, 4) is 0 Å². The lowest BCUT2D eigenvalue weighted by molar-refractivity contribution is 0.136. The first-order valence-electron chi connectivity index (χ1n) is 8.84. The molecule has 1 aliphatic rings. The van der Waals surface area contributed by atoms with Crippen molar-refractivity contribution in [3.05, 3.63) is 65.2 Å². The van der Waals surface area contributed by atoms with Gasteiger partial charge in [0.1, 0.15) is 0 Å². The Morgan fingerprint density at radius 2 is 1.81 bits per heavy atom. The zero-order valence-corrected chi connectivity index (χ0v) is 16.3. The lowest BCUT2D eigenvalue weighted by Crippen LogP contribution is -2.19. The molecule has 26 heavy (non-hydrogen) atoms. The van der Waals surface area contributed by atoms with Crippen molar-refractivity contribution in [2.45, 2.75) is 44.1 Å². The van der Waals surface area contributed by atoms with Crippen LogP contribution in [0.2, 0.25) is 0 Å². The Bertz CT molecular complexity index is 915. The molecular weight excluding hydrogens is 346 g/mol. The molecule has 0 fully saturated rings. The summed E-state index contributed by atoms with van der Waals surface area (Å²) in [6.07, 6.45) is 5.16. The number of para-hydroxylation sites is 1. The molecule has 0 aromatic heterocycles. The highest BCUT2D eigenvalue weighted by atomic mass is 32.2. The molecule has 0 saturated carbocycles. The zero-order chi connectivity index (χ0) is 18.7. The molecule has 2 aromatic rings. The van der Waals surface area contributed by atoms with Gasteiger partial charge >= 0.3 is 0 Å². The van der Waals surface area contributed by atoms with Gasteiger partial charge in [0.2, 0.25) is 0 Å². The number of allylic oxidation sites excluding steroid dienone is 1. The largest absolute Gasteiger partial charge is 0.377 e. The van der Waals surface area contributed by atoms with Crippen molar-refractivity contribution < 1.29 is 13.2 Å². The fraction of sp³-hybridized carbons (Fsp3) is 0.333. The van der Waals surface area contributed by atoms with E-state index in [0.29, 0.717) is 5.69 Å². The van der Waals surface area contributed by atoms with Gasteiger partial charge in [-0.3, -0.25) is 4.72 Å². The number of ether oxygens (including phenoxy) is 1. The molecule has 4 nitrogen and oxygen atoms in total. The van der Waals surface area contributed by atoms with Crippen LogP contribution in [0.5, 0.6) is 0 Å². The number of aryl methyl sites for hydroxylation is 2. The van der Waals surface area contributed by atoms with Gasteiger partial charge in [0.05, 0.1) is 16.7 Å². The molecule has 0 spiro atoms. The Morgan fingerprint density at radius 3 is 2.50 bits per heavy atom. The molecule has 1 aliphatic carbocycles. The SMILES string of the molecule is COC1CCCC=C1c1cccc(C)c1NS(=O)(=O)c1ccc(C)cc1. The number of sulfonamides is 1. The van der Waals surface area contributed by atoms with Crippen molar-refractivity contribution in [2.24, 2.45) is 0 Å². The molecule has 1 unspecified atom stereocenters. The van der Waals surface area contributed by atoms with Gasteiger partial charge in [0.15, 0.2) is 0 Å². The Kier molecular flexibility index (Phi) is 5.49. The molecule has 2 aromatic carbocycles. The average Bonchev–Trinajstić information content (AvgIpc) is 2.63. The van der Waals surface area contributed by atoms with E-state index in [0.717, 1.165) is 41.5 Å². The first-order valence-corrected chi connectivity index (χ1v) is 10.3. The van der Waals surface area contributed by atoms with Crippen molar-refractivity contribution in [3.63, 3.8) is 0 Å². The van der Waals surface area contributed by atoms with Gasteiger partial charge in [-0.25, -0.2) is 8.42 Å².